The van der Waals surface area contributed by atoms with Crippen LogP contribution in [0.15, 0.2) is 23.0 Å². The number of alkyl halides is 3. The standard InChI is InChI=1S/C24H24F4N4O5/c1-12-13(2)20(34)30-29-17(12)10-14-6-7-16(25)15(9-14)21(35)32-11-19(33)31-8-4-3-5-18(31)22(32)37-23(36)24(26,27)28/h6-7,9,18,22H,3-5,8,10-11H2,1-2H3,(H,30,34)/t18-,22?/m0/s1. The second-order valence-corrected chi connectivity index (χ2v) is 9.12. The molecule has 0 bridgehead atoms. The van der Waals surface area contributed by atoms with Gasteiger partial charge in [0.1, 0.15) is 12.4 Å². The van der Waals surface area contributed by atoms with E-state index in [-0.39, 0.29) is 24.9 Å². The molecular formula is C24H24F4N4O5. The first-order valence-corrected chi connectivity index (χ1v) is 11.6. The number of carbonyl (C=O) groups is 3. The predicted molar refractivity (Wildman–Crippen MR) is 120 cm³/mol. The van der Waals surface area contributed by atoms with Gasteiger partial charge in [-0.15, -0.1) is 0 Å². The molecule has 2 amide bonds. The smallest absolute Gasteiger partial charge is 0.433 e. The SMILES string of the molecule is Cc1c(Cc2ccc(F)c(C(=O)N3CC(=O)N4CCCC[C@H]4C3OC(=O)C(F)(F)F)c2)n[nH]c(=O)c1C. The molecule has 198 valence electrons. The van der Waals surface area contributed by atoms with Gasteiger partial charge in [0.05, 0.1) is 17.3 Å². The average molecular weight is 524 g/mol. The number of esters is 1. The first kappa shape index (κ1) is 26.3. The first-order chi connectivity index (χ1) is 17.4. The van der Waals surface area contributed by atoms with E-state index < -0.39 is 54.2 Å². The maximum Gasteiger partial charge on any atom is 0.491 e. The zero-order valence-electron chi connectivity index (χ0n) is 20.0. The minimum atomic E-state index is -5.32. The number of carbonyl (C=O) groups excluding carboxylic acids is 3. The molecule has 2 atom stereocenters. The van der Waals surface area contributed by atoms with Crippen LogP contribution < -0.4 is 5.56 Å². The third-order valence-electron chi connectivity index (χ3n) is 6.79. The van der Waals surface area contributed by atoms with Crippen molar-refractivity contribution in [2.45, 2.75) is 58.0 Å². The van der Waals surface area contributed by atoms with Gasteiger partial charge in [0, 0.05) is 18.5 Å². The summed E-state index contributed by atoms with van der Waals surface area (Å²) in [7, 11) is 0. The Labute approximate surface area is 208 Å². The summed E-state index contributed by atoms with van der Waals surface area (Å²) < 4.78 is 58.6. The lowest BCUT2D eigenvalue weighted by Gasteiger charge is -2.48. The number of fused-ring (bicyclic) bond motifs is 1. The molecule has 2 saturated heterocycles. The van der Waals surface area contributed by atoms with Crippen molar-refractivity contribution in [3.05, 3.63) is 62.3 Å². The molecule has 13 heteroatoms. The quantitative estimate of drug-likeness (QED) is 0.486. The van der Waals surface area contributed by atoms with Crippen LogP contribution in [0.5, 0.6) is 0 Å². The number of aromatic nitrogens is 2. The Morgan fingerprint density at radius 3 is 2.59 bits per heavy atom. The highest BCUT2D eigenvalue weighted by atomic mass is 19.4. The number of amides is 2. The molecular weight excluding hydrogens is 500 g/mol. The van der Waals surface area contributed by atoms with Gasteiger partial charge in [0.15, 0.2) is 6.23 Å². The van der Waals surface area contributed by atoms with E-state index >= 15 is 0 Å². The van der Waals surface area contributed by atoms with Gasteiger partial charge in [-0.1, -0.05) is 6.07 Å². The fraction of sp³-hybridized carbons (Fsp3) is 0.458. The van der Waals surface area contributed by atoms with Gasteiger partial charge in [-0.3, -0.25) is 19.3 Å². The molecule has 0 aliphatic carbocycles. The molecule has 37 heavy (non-hydrogen) atoms. The summed E-state index contributed by atoms with van der Waals surface area (Å²) in [5, 5.41) is 6.36. The van der Waals surface area contributed by atoms with E-state index in [4.69, 9.17) is 4.74 Å². The lowest BCUT2D eigenvalue weighted by Crippen LogP contribution is -2.66. The molecule has 2 aromatic rings. The third kappa shape index (κ3) is 5.20. The van der Waals surface area contributed by atoms with Crippen LogP contribution in [-0.4, -0.2) is 69.3 Å². The molecule has 2 fully saturated rings. The largest absolute Gasteiger partial charge is 0.491 e. The van der Waals surface area contributed by atoms with Crippen molar-refractivity contribution in [1.29, 1.82) is 0 Å². The Hall–Kier alpha value is -3.77. The predicted octanol–water partition coefficient (Wildman–Crippen LogP) is 2.39. The van der Waals surface area contributed by atoms with Gasteiger partial charge in [-0.05, 0) is 56.4 Å². The number of hydrogen-bond acceptors (Lipinski definition) is 6. The molecule has 1 unspecified atom stereocenters. The fourth-order valence-corrected chi connectivity index (χ4v) is 4.64. The number of H-pyrrole nitrogens is 1. The number of hydrogen-bond donors (Lipinski definition) is 1. The zero-order valence-corrected chi connectivity index (χ0v) is 20.0. The van der Waals surface area contributed by atoms with Crippen LogP contribution in [-0.2, 0) is 20.7 Å². The summed E-state index contributed by atoms with van der Waals surface area (Å²) in [5.41, 5.74) is 1.10. The number of piperidine rings is 1. The summed E-state index contributed by atoms with van der Waals surface area (Å²) in [6, 6.07) is 2.65. The van der Waals surface area contributed by atoms with Gasteiger partial charge >= 0.3 is 12.1 Å². The van der Waals surface area contributed by atoms with Gasteiger partial charge < -0.3 is 9.64 Å². The van der Waals surface area contributed by atoms with Gasteiger partial charge in [0.25, 0.3) is 11.5 Å². The highest BCUT2D eigenvalue weighted by Gasteiger charge is 2.50. The molecule has 0 radical (unpaired) electrons. The van der Waals surface area contributed by atoms with E-state index in [9.17, 15) is 36.7 Å². The van der Waals surface area contributed by atoms with Crippen molar-refractivity contribution >= 4 is 17.8 Å². The van der Waals surface area contributed by atoms with E-state index in [2.05, 4.69) is 10.2 Å². The molecule has 2 aliphatic heterocycles. The minimum absolute atomic E-state index is 0.117. The zero-order chi connectivity index (χ0) is 27.1. The summed E-state index contributed by atoms with van der Waals surface area (Å²) in [5.74, 6) is -5.08. The van der Waals surface area contributed by atoms with E-state index in [1.807, 2.05) is 0 Å². The first-order valence-electron chi connectivity index (χ1n) is 11.6. The van der Waals surface area contributed by atoms with Crippen molar-refractivity contribution < 1.29 is 36.7 Å². The number of aromatic amines is 1. The molecule has 1 N–H and O–H groups in total. The molecule has 0 spiro atoms. The highest BCUT2D eigenvalue weighted by Crippen LogP contribution is 2.31. The van der Waals surface area contributed by atoms with Gasteiger partial charge in [-0.2, -0.15) is 18.3 Å². The molecule has 1 aromatic carbocycles. The summed E-state index contributed by atoms with van der Waals surface area (Å²) in [4.78, 5) is 51.6. The van der Waals surface area contributed by atoms with Crippen LogP contribution in [0.1, 0.15) is 52.0 Å². The third-order valence-corrected chi connectivity index (χ3v) is 6.79. The fourth-order valence-electron chi connectivity index (χ4n) is 4.64. The van der Waals surface area contributed by atoms with Crippen molar-refractivity contribution in [2.75, 3.05) is 13.1 Å². The maximum absolute atomic E-state index is 14.8. The molecule has 3 heterocycles. The normalized spacial score (nSPS) is 20.0. The minimum Gasteiger partial charge on any atom is -0.433 e. The number of halogens is 4. The summed E-state index contributed by atoms with van der Waals surface area (Å²) in [6.45, 7) is 2.88. The Balaban J connectivity index is 1.68. The van der Waals surface area contributed by atoms with E-state index in [1.165, 1.54) is 17.0 Å². The monoisotopic (exact) mass is 524 g/mol. The van der Waals surface area contributed by atoms with Crippen LogP contribution in [0.4, 0.5) is 17.6 Å². The second kappa shape index (κ2) is 9.94. The van der Waals surface area contributed by atoms with Crippen LogP contribution in [0.3, 0.4) is 0 Å². The van der Waals surface area contributed by atoms with E-state index in [0.29, 0.717) is 40.1 Å². The lowest BCUT2D eigenvalue weighted by molar-refractivity contribution is -0.220. The van der Waals surface area contributed by atoms with Crippen molar-refractivity contribution in [2.24, 2.45) is 0 Å². The topological polar surface area (TPSA) is 113 Å². The molecule has 2 aliphatic rings. The number of nitrogens with zero attached hydrogens (tertiary/aromatic N) is 3. The summed E-state index contributed by atoms with van der Waals surface area (Å²) in [6.07, 6.45) is -5.56. The van der Waals surface area contributed by atoms with Gasteiger partial charge in [0.2, 0.25) is 5.91 Å². The lowest BCUT2D eigenvalue weighted by atomic mass is 9.96. The van der Waals surface area contributed by atoms with E-state index in [1.54, 1.807) is 13.8 Å². The Kier molecular flexibility index (Phi) is 7.07. The number of nitrogens with one attached hydrogen (secondary N) is 1. The second-order valence-electron chi connectivity index (χ2n) is 9.12. The van der Waals surface area contributed by atoms with E-state index in [0.717, 1.165) is 6.07 Å². The average Bonchev–Trinajstić information content (AvgIpc) is 2.86. The number of benzene rings is 1. The van der Waals surface area contributed by atoms with Crippen LogP contribution in [0.2, 0.25) is 0 Å². The van der Waals surface area contributed by atoms with Crippen molar-refractivity contribution in [3.8, 4) is 0 Å². The van der Waals surface area contributed by atoms with Crippen molar-refractivity contribution in [1.82, 2.24) is 20.0 Å². The Bertz CT molecular complexity index is 1310. The Morgan fingerprint density at radius 2 is 1.89 bits per heavy atom. The maximum atomic E-state index is 14.8. The highest BCUT2D eigenvalue weighted by molar-refractivity contribution is 5.98. The number of rotatable bonds is 4. The van der Waals surface area contributed by atoms with Crippen LogP contribution in [0, 0.1) is 19.7 Å². The molecule has 0 saturated carbocycles. The van der Waals surface area contributed by atoms with Crippen LogP contribution >= 0.6 is 0 Å². The molecule has 9 nitrogen and oxygen atoms in total. The number of piperazine rings is 1. The van der Waals surface area contributed by atoms with Crippen molar-refractivity contribution in [3.63, 3.8) is 0 Å². The van der Waals surface area contributed by atoms with Gasteiger partial charge in [-0.25, -0.2) is 14.3 Å². The molecule has 4 rings (SSSR count). The molecule has 1 aromatic heterocycles. The number of ether oxygens (including phenoxy) is 1. The Morgan fingerprint density at radius 1 is 1.16 bits per heavy atom. The van der Waals surface area contributed by atoms with Crippen LogP contribution in [0.25, 0.3) is 0 Å². The summed E-state index contributed by atoms with van der Waals surface area (Å²) >= 11 is 0.